The van der Waals surface area contributed by atoms with E-state index in [1.807, 2.05) is 0 Å². The van der Waals surface area contributed by atoms with Gasteiger partial charge in [-0.3, -0.25) is 0 Å². The average Bonchev–Trinajstić information content (AvgIpc) is 1.91. The Morgan fingerprint density at radius 2 is 2.33 bits per heavy atom. The van der Waals surface area contributed by atoms with Gasteiger partial charge in [-0.25, -0.2) is 0 Å². The van der Waals surface area contributed by atoms with Crippen molar-refractivity contribution in [3.8, 4) is 0 Å². The van der Waals surface area contributed by atoms with Crippen LogP contribution in [0.4, 0.5) is 0 Å². The SMILES string of the molecule is CCC[C@@H]1CCCCN1. The van der Waals surface area contributed by atoms with Gasteiger partial charge in [-0.1, -0.05) is 19.8 Å². The minimum Gasteiger partial charge on any atom is -0.314 e. The molecule has 0 unspecified atom stereocenters. The molecule has 9 heavy (non-hydrogen) atoms. The predicted octanol–water partition coefficient (Wildman–Crippen LogP) is 1.93. The minimum atomic E-state index is 0.851. The summed E-state index contributed by atoms with van der Waals surface area (Å²) in [7, 11) is 0. The molecule has 1 saturated heterocycles. The first-order valence-corrected chi connectivity index (χ1v) is 4.17. The van der Waals surface area contributed by atoms with Crippen molar-refractivity contribution >= 4 is 0 Å². The summed E-state index contributed by atoms with van der Waals surface area (Å²) in [4.78, 5) is 0. The maximum absolute atomic E-state index is 3.52. The van der Waals surface area contributed by atoms with Crippen LogP contribution in [-0.2, 0) is 0 Å². The lowest BCUT2D eigenvalue weighted by Gasteiger charge is -2.22. The number of hydrogen-bond donors (Lipinski definition) is 1. The van der Waals surface area contributed by atoms with Crippen LogP contribution in [0.25, 0.3) is 0 Å². The van der Waals surface area contributed by atoms with E-state index in [-0.39, 0.29) is 0 Å². The lowest BCUT2D eigenvalue weighted by atomic mass is 10.0. The molecular formula is C8H17N. The van der Waals surface area contributed by atoms with Crippen molar-refractivity contribution in [1.82, 2.24) is 5.32 Å². The average molecular weight is 127 g/mol. The molecule has 1 atom stereocenters. The van der Waals surface area contributed by atoms with Crippen LogP contribution < -0.4 is 5.32 Å². The molecule has 1 aliphatic heterocycles. The van der Waals surface area contributed by atoms with Gasteiger partial charge in [0.1, 0.15) is 0 Å². The van der Waals surface area contributed by atoms with Crippen LogP contribution in [0.2, 0.25) is 0 Å². The van der Waals surface area contributed by atoms with Crippen molar-refractivity contribution in [1.29, 1.82) is 0 Å². The first-order chi connectivity index (χ1) is 4.43. The predicted molar refractivity (Wildman–Crippen MR) is 40.5 cm³/mol. The van der Waals surface area contributed by atoms with Gasteiger partial charge in [0.2, 0.25) is 0 Å². The molecular weight excluding hydrogens is 110 g/mol. The molecule has 0 bridgehead atoms. The van der Waals surface area contributed by atoms with E-state index in [9.17, 15) is 0 Å². The molecule has 54 valence electrons. The molecule has 1 rings (SSSR count). The summed E-state index contributed by atoms with van der Waals surface area (Å²) >= 11 is 0. The molecule has 0 aromatic carbocycles. The Kier molecular flexibility index (Phi) is 3.05. The summed E-state index contributed by atoms with van der Waals surface area (Å²) in [5.74, 6) is 0. The van der Waals surface area contributed by atoms with E-state index in [1.165, 1.54) is 38.6 Å². The van der Waals surface area contributed by atoms with Crippen LogP contribution in [0.3, 0.4) is 0 Å². The Morgan fingerprint density at radius 1 is 1.44 bits per heavy atom. The van der Waals surface area contributed by atoms with Crippen LogP contribution in [0.1, 0.15) is 39.0 Å². The normalized spacial score (nSPS) is 28.3. The van der Waals surface area contributed by atoms with Gasteiger partial charge in [-0.15, -0.1) is 0 Å². The highest BCUT2D eigenvalue weighted by Gasteiger charge is 2.09. The van der Waals surface area contributed by atoms with E-state index in [2.05, 4.69) is 12.2 Å². The first kappa shape index (κ1) is 7.07. The smallest absolute Gasteiger partial charge is 0.00669 e. The number of rotatable bonds is 2. The van der Waals surface area contributed by atoms with Crippen LogP contribution in [-0.4, -0.2) is 12.6 Å². The van der Waals surface area contributed by atoms with Gasteiger partial charge in [0.15, 0.2) is 0 Å². The standard InChI is InChI=1S/C8H17N/c1-2-5-8-6-3-4-7-9-8/h8-9H,2-7H2,1H3/t8-/m1/s1. The van der Waals surface area contributed by atoms with Crippen molar-refractivity contribution in [2.45, 2.75) is 45.1 Å². The van der Waals surface area contributed by atoms with E-state index in [4.69, 9.17) is 0 Å². The van der Waals surface area contributed by atoms with E-state index in [1.54, 1.807) is 0 Å². The summed E-state index contributed by atoms with van der Waals surface area (Å²) in [6, 6.07) is 0.851. The zero-order valence-electron chi connectivity index (χ0n) is 6.32. The lowest BCUT2D eigenvalue weighted by Crippen LogP contribution is -2.33. The molecule has 0 radical (unpaired) electrons. The fourth-order valence-electron chi connectivity index (χ4n) is 1.52. The fraction of sp³-hybridized carbons (Fsp3) is 1.00. The second-order valence-corrected chi connectivity index (χ2v) is 2.94. The van der Waals surface area contributed by atoms with Crippen LogP contribution in [0.5, 0.6) is 0 Å². The van der Waals surface area contributed by atoms with Crippen LogP contribution in [0.15, 0.2) is 0 Å². The summed E-state index contributed by atoms with van der Waals surface area (Å²) in [5.41, 5.74) is 0. The van der Waals surface area contributed by atoms with E-state index in [0.717, 1.165) is 6.04 Å². The lowest BCUT2D eigenvalue weighted by molar-refractivity contribution is 0.380. The fourth-order valence-corrected chi connectivity index (χ4v) is 1.52. The molecule has 0 aromatic rings. The maximum Gasteiger partial charge on any atom is 0.00669 e. The molecule has 1 fully saturated rings. The zero-order valence-corrected chi connectivity index (χ0v) is 6.32. The maximum atomic E-state index is 3.52. The molecule has 0 aliphatic carbocycles. The Bertz CT molecular complexity index is 62.2. The molecule has 1 heterocycles. The topological polar surface area (TPSA) is 12.0 Å². The van der Waals surface area contributed by atoms with E-state index < -0.39 is 0 Å². The van der Waals surface area contributed by atoms with E-state index in [0.29, 0.717) is 0 Å². The third-order valence-electron chi connectivity index (χ3n) is 2.05. The number of hydrogen-bond acceptors (Lipinski definition) is 1. The molecule has 0 saturated carbocycles. The monoisotopic (exact) mass is 127 g/mol. The van der Waals surface area contributed by atoms with Gasteiger partial charge in [-0.05, 0) is 25.8 Å². The van der Waals surface area contributed by atoms with Gasteiger partial charge in [0.25, 0.3) is 0 Å². The van der Waals surface area contributed by atoms with Gasteiger partial charge in [0, 0.05) is 6.04 Å². The third-order valence-corrected chi connectivity index (χ3v) is 2.05. The second kappa shape index (κ2) is 3.89. The zero-order chi connectivity index (χ0) is 6.53. The van der Waals surface area contributed by atoms with Gasteiger partial charge >= 0.3 is 0 Å². The van der Waals surface area contributed by atoms with Crippen molar-refractivity contribution in [3.05, 3.63) is 0 Å². The first-order valence-electron chi connectivity index (χ1n) is 4.17. The van der Waals surface area contributed by atoms with Crippen molar-refractivity contribution in [2.24, 2.45) is 0 Å². The Labute approximate surface area is 57.8 Å². The molecule has 1 aliphatic rings. The van der Waals surface area contributed by atoms with Gasteiger partial charge < -0.3 is 5.32 Å². The van der Waals surface area contributed by atoms with Crippen molar-refractivity contribution in [2.75, 3.05) is 6.54 Å². The number of piperidine rings is 1. The molecule has 1 N–H and O–H groups in total. The second-order valence-electron chi connectivity index (χ2n) is 2.94. The largest absolute Gasteiger partial charge is 0.314 e. The van der Waals surface area contributed by atoms with Gasteiger partial charge in [-0.2, -0.15) is 0 Å². The Hall–Kier alpha value is -0.0400. The number of nitrogens with one attached hydrogen (secondary N) is 1. The molecule has 0 amide bonds. The minimum absolute atomic E-state index is 0.851. The molecule has 0 aromatic heterocycles. The highest BCUT2D eigenvalue weighted by molar-refractivity contribution is 4.70. The van der Waals surface area contributed by atoms with Crippen LogP contribution in [0, 0.1) is 0 Å². The Morgan fingerprint density at radius 3 is 2.89 bits per heavy atom. The summed E-state index contributed by atoms with van der Waals surface area (Å²) in [6.07, 6.45) is 6.95. The highest BCUT2D eigenvalue weighted by Crippen LogP contribution is 2.10. The summed E-state index contributed by atoms with van der Waals surface area (Å²) in [5, 5.41) is 3.52. The van der Waals surface area contributed by atoms with E-state index >= 15 is 0 Å². The quantitative estimate of drug-likeness (QED) is 0.597. The van der Waals surface area contributed by atoms with Crippen molar-refractivity contribution in [3.63, 3.8) is 0 Å². The third kappa shape index (κ3) is 2.35. The van der Waals surface area contributed by atoms with Gasteiger partial charge in [0.05, 0.1) is 0 Å². The Balaban J connectivity index is 2.08. The van der Waals surface area contributed by atoms with Crippen molar-refractivity contribution < 1.29 is 0 Å². The highest BCUT2D eigenvalue weighted by atomic mass is 14.9. The molecule has 1 nitrogen and oxygen atoms in total. The summed E-state index contributed by atoms with van der Waals surface area (Å²) < 4.78 is 0. The molecule has 0 spiro atoms. The summed E-state index contributed by atoms with van der Waals surface area (Å²) in [6.45, 7) is 3.51. The van der Waals surface area contributed by atoms with Crippen LogP contribution >= 0.6 is 0 Å². The molecule has 1 heteroatoms.